The van der Waals surface area contributed by atoms with E-state index in [0.29, 0.717) is 6.54 Å². The summed E-state index contributed by atoms with van der Waals surface area (Å²) in [7, 11) is -0.0827. The molecule has 0 spiro atoms. The van der Waals surface area contributed by atoms with Gasteiger partial charge in [0.1, 0.15) is 0 Å². The number of aliphatic imine (C=N–C) groups is 1. The highest BCUT2D eigenvalue weighted by Crippen LogP contribution is 2.07. The number of benzene rings is 2. The minimum Gasteiger partial charge on any atom is -0.356 e. The molecule has 148 valence electrons. The number of hydrogen-bond donors (Lipinski definition) is 3. The van der Waals surface area contributed by atoms with Gasteiger partial charge in [0.25, 0.3) is 0 Å². The van der Waals surface area contributed by atoms with E-state index in [-0.39, 0.29) is 29.7 Å². The Morgan fingerprint density at radius 1 is 0.926 bits per heavy atom. The maximum absolute atomic E-state index is 11.6. The molecule has 0 radical (unpaired) electrons. The molecule has 0 heterocycles. The molecule has 0 saturated heterocycles. The molecule has 0 atom stereocenters. The summed E-state index contributed by atoms with van der Waals surface area (Å²) in [6.07, 6.45) is 0.927. The summed E-state index contributed by atoms with van der Waals surface area (Å²) in [5, 5.41) is 6.55. The van der Waals surface area contributed by atoms with Gasteiger partial charge in [0, 0.05) is 20.1 Å². The van der Waals surface area contributed by atoms with Crippen LogP contribution in [0, 0.1) is 0 Å². The van der Waals surface area contributed by atoms with Gasteiger partial charge in [-0.15, -0.1) is 24.0 Å². The molecule has 2 aromatic carbocycles. The van der Waals surface area contributed by atoms with Crippen LogP contribution < -0.4 is 15.4 Å². The molecule has 0 bridgehead atoms. The molecular formula is C19H27IN4O2S. The van der Waals surface area contributed by atoms with Crippen molar-refractivity contribution in [3.05, 3.63) is 71.3 Å². The monoisotopic (exact) mass is 502 g/mol. The SMILES string of the molecule is CN=C(NCCc1ccccc1)NCc1ccc(CS(=O)(=O)NC)cc1.I. The molecule has 3 N–H and O–H groups in total. The van der Waals surface area contributed by atoms with Crippen LogP contribution in [0.4, 0.5) is 0 Å². The Hall–Kier alpha value is -1.65. The lowest BCUT2D eigenvalue weighted by Crippen LogP contribution is -2.37. The summed E-state index contributed by atoms with van der Waals surface area (Å²) in [5.41, 5.74) is 3.10. The third-order valence-electron chi connectivity index (χ3n) is 3.92. The van der Waals surface area contributed by atoms with Crippen LogP contribution in [0.3, 0.4) is 0 Å². The summed E-state index contributed by atoms with van der Waals surface area (Å²) in [4.78, 5) is 4.22. The van der Waals surface area contributed by atoms with Crippen LogP contribution in [0.25, 0.3) is 0 Å². The maximum Gasteiger partial charge on any atom is 0.215 e. The lowest BCUT2D eigenvalue weighted by Gasteiger charge is -2.12. The van der Waals surface area contributed by atoms with Crippen LogP contribution in [0.1, 0.15) is 16.7 Å². The van der Waals surface area contributed by atoms with Gasteiger partial charge < -0.3 is 10.6 Å². The fraction of sp³-hybridized carbons (Fsp3) is 0.316. The quantitative estimate of drug-likeness (QED) is 0.294. The van der Waals surface area contributed by atoms with Crippen LogP contribution in [0.2, 0.25) is 0 Å². The lowest BCUT2D eigenvalue weighted by molar-refractivity contribution is 0.587. The molecule has 8 heteroatoms. The number of sulfonamides is 1. The van der Waals surface area contributed by atoms with E-state index in [1.54, 1.807) is 7.05 Å². The van der Waals surface area contributed by atoms with Crippen molar-refractivity contribution < 1.29 is 8.42 Å². The van der Waals surface area contributed by atoms with E-state index in [9.17, 15) is 8.42 Å². The van der Waals surface area contributed by atoms with Crippen LogP contribution in [0.15, 0.2) is 59.6 Å². The summed E-state index contributed by atoms with van der Waals surface area (Å²) in [6.45, 7) is 1.41. The Balaban J connectivity index is 0.00000364. The van der Waals surface area contributed by atoms with E-state index >= 15 is 0 Å². The molecule has 0 aliphatic heterocycles. The average molecular weight is 502 g/mol. The number of guanidine groups is 1. The zero-order valence-corrected chi connectivity index (χ0v) is 18.8. The molecule has 0 fully saturated rings. The van der Waals surface area contributed by atoms with Gasteiger partial charge >= 0.3 is 0 Å². The number of halogens is 1. The number of nitrogens with zero attached hydrogens (tertiary/aromatic N) is 1. The first kappa shape index (κ1) is 23.4. The molecule has 6 nitrogen and oxygen atoms in total. The smallest absolute Gasteiger partial charge is 0.215 e. The third kappa shape index (κ3) is 8.72. The Morgan fingerprint density at radius 2 is 1.56 bits per heavy atom. The third-order valence-corrected chi connectivity index (χ3v) is 5.26. The van der Waals surface area contributed by atoms with E-state index in [2.05, 4.69) is 32.5 Å². The fourth-order valence-corrected chi connectivity index (χ4v) is 3.20. The molecule has 27 heavy (non-hydrogen) atoms. The highest BCUT2D eigenvalue weighted by molar-refractivity contribution is 14.0. The molecule has 0 saturated carbocycles. The topological polar surface area (TPSA) is 82.6 Å². The van der Waals surface area contributed by atoms with Gasteiger partial charge in [-0.05, 0) is 30.2 Å². The molecule has 0 unspecified atom stereocenters. The minimum atomic E-state index is -3.24. The molecule has 0 aliphatic rings. The molecule has 2 aromatic rings. The van der Waals surface area contributed by atoms with E-state index in [4.69, 9.17) is 0 Å². The second kappa shape index (κ2) is 11.9. The second-order valence-electron chi connectivity index (χ2n) is 5.87. The van der Waals surface area contributed by atoms with Crippen LogP contribution in [0.5, 0.6) is 0 Å². The highest BCUT2D eigenvalue weighted by atomic mass is 127. The van der Waals surface area contributed by atoms with Gasteiger partial charge in [-0.25, -0.2) is 13.1 Å². The van der Waals surface area contributed by atoms with Crippen LogP contribution >= 0.6 is 24.0 Å². The average Bonchev–Trinajstić information content (AvgIpc) is 2.66. The van der Waals surface area contributed by atoms with E-state index in [1.807, 2.05) is 42.5 Å². The minimum absolute atomic E-state index is 0. The summed E-state index contributed by atoms with van der Waals surface area (Å²) in [5.74, 6) is 0.725. The van der Waals surface area contributed by atoms with Crippen molar-refractivity contribution in [3.8, 4) is 0 Å². The molecule has 0 aromatic heterocycles. The van der Waals surface area contributed by atoms with E-state index < -0.39 is 10.0 Å². The van der Waals surface area contributed by atoms with Crippen molar-refractivity contribution in [2.75, 3.05) is 20.6 Å². The fourth-order valence-electron chi connectivity index (χ4n) is 2.42. The first-order valence-electron chi connectivity index (χ1n) is 8.50. The van der Waals surface area contributed by atoms with Crippen molar-refractivity contribution in [2.45, 2.75) is 18.7 Å². The summed E-state index contributed by atoms with van der Waals surface area (Å²) < 4.78 is 25.4. The zero-order valence-electron chi connectivity index (χ0n) is 15.6. The lowest BCUT2D eigenvalue weighted by atomic mass is 10.1. The number of hydrogen-bond acceptors (Lipinski definition) is 3. The van der Waals surface area contributed by atoms with Gasteiger partial charge in [0.05, 0.1) is 5.75 Å². The predicted octanol–water partition coefficient (Wildman–Crippen LogP) is 2.26. The van der Waals surface area contributed by atoms with Crippen molar-refractivity contribution in [2.24, 2.45) is 4.99 Å². The van der Waals surface area contributed by atoms with E-state index in [0.717, 1.165) is 30.1 Å². The maximum atomic E-state index is 11.6. The van der Waals surface area contributed by atoms with Gasteiger partial charge in [0.15, 0.2) is 5.96 Å². The molecule has 0 amide bonds. The van der Waals surface area contributed by atoms with E-state index in [1.165, 1.54) is 12.6 Å². The van der Waals surface area contributed by atoms with Crippen molar-refractivity contribution in [1.29, 1.82) is 0 Å². The Labute approximate surface area is 178 Å². The number of nitrogens with one attached hydrogen (secondary N) is 3. The van der Waals surface area contributed by atoms with Crippen molar-refractivity contribution in [1.82, 2.24) is 15.4 Å². The largest absolute Gasteiger partial charge is 0.356 e. The normalized spacial score (nSPS) is 11.6. The first-order chi connectivity index (χ1) is 12.5. The first-order valence-corrected chi connectivity index (χ1v) is 10.1. The van der Waals surface area contributed by atoms with Crippen molar-refractivity contribution >= 4 is 40.0 Å². The summed E-state index contributed by atoms with van der Waals surface area (Å²) >= 11 is 0. The number of rotatable bonds is 8. The Morgan fingerprint density at radius 3 is 2.15 bits per heavy atom. The predicted molar refractivity (Wildman–Crippen MR) is 122 cm³/mol. The summed E-state index contributed by atoms with van der Waals surface area (Å²) in [6, 6.07) is 17.8. The molecule has 0 aliphatic carbocycles. The standard InChI is InChI=1S/C19H26N4O2S.HI/c1-20-19(22-13-12-16-6-4-3-5-7-16)23-14-17-8-10-18(11-9-17)15-26(24,25)21-2;/h3-11,21H,12-15H2,1-2H3,(H2,20,22,23);1H. The van der Waals surface area contributed by atoms with Gasteiger partial charge in [-0.3, -0.25) is 4.99 Å². The van der Waals surface area contributed by atoms with Gasteiger partial charge in [0.2, 0.25) is 10.0 Å². The second-order valence-corrected chi connectivity index (χ2v) is 7.79. The highest BCUT2D eigenvalue weighted by Gasteiger charge is 2.08. The van der Waals surface area contributed by atoms with Crippen LogP contribution in [-0.2, 0) is 28.7 Å². The molecular weight excluding hydrogens is 475 g/mol. The Bertz CT molecular complexity index is 809. The van der Waals surface area contributed by atoms with Crippen LogP contribution in [-0.4, -0.2) is 35.0 Å². The van der Waals surface area contributed by atoms with Crippen molar-refractivity contribution in [3.63, 3.8) is 0 Å². The van der Waals surface area contributed by atoms with Gasteiger partial charge in [-0.1, -0.05) is 54.6 Å². The zero-order chi connectivity index (χ0) is 18.8. The Kier molecular flexibility index (Phi) is 10.3. The van der Waals surface area contributed by atoms with Gasteiger partial charge in [-0.2, -0.15) is 0 Å². The molecule has 2 rings (SSSR count).